The Bertz CT molecular complexity index is 1110. The third-order valence-corrected chi connectivity index (χ3v) is 5.52. The molecule has 0 saturated heterocycles. The van der Waals surface area contributed by atoms with Crippen molar-refractivity contribution in [2.75, 3.05) is 18.7 Å². The Kier molecular flexibility index (Phi) is 10.8. The number of benzene rings is 1. The minimum atomic E-state index is -1.35. The second-order valence-corrected chi connectivity index (χ2v) is 8.68. The number of hydrazone groups is 1. The number of hydrogen-bond acceptors (Lipinski definition) is 12. The van der Waals surface area contributed by atoms with Gasteiger partial charge in [-0.05, 0) is 12.1 Å². The minimum absolute atomic E-state index is 0.439. The van der Waals surface area contributed by atoms with Crippen LogP contribution >= 0.6 is 22.9 Å². The molecule has 0 N–H and O–H groups in total. The number of carbonyl (C=O) groups is 4. The van der Waals surface area contributed by atoms with Gasteiger partial charge in [0, 0.05) is 50.7 Å². The maximum atomic E-state index is 11.8. The molecule has 0 radical (unpaired) electrons. The summed E-state index contributed by atoms with van der Waals surface area (Å²) in [6.45, 7) is 4.14. The number of nitrogens with zero attached hydrogens (tertiary/aromatic N) is 3. The monoisotopic (exact) mass is 539 g/mol. The van der Waals surface area contributed by atoms with Crippen molar-refractivity contribution in [3.63, 3.8) is 0 Å². The molecule has 0 spiro atoms. The summed E-state index contributed by atoms with van der Waals surface area (Å²) in [6.07, 6.45) is -2.70. The molecular formula is C23H26ClN3O8S. The number of halogens is 1. The van der Waals surface area contributed by atoms with Crippen molar-refractivity contribution in [1.82, 2.24) is 4.98 Å². The number of esters is 4. The number of carbonyl (C=O) groups excluding carboxylic acids is 4. The zero-order valence-corrected chi connectivity index (χ0v) is 21.9. The molecule has 0 saturated carbocycles. The van der Waals surface area contributed by atoms with Gasteiger partial charge in [0.25, 0.3) is 0 Å². The lowest BCUT2D eigenvalue weighted by Gasteiger charge is -2.30. The van der Waals surface area contributed by atoms with Gasteiger partial charge in [-0.25, -0.2) is 9.99 Å². The minimum Gasteiger partial charge on any atom is -0.462 e. The van der Waals surface area contributed by atoms with Gasteiger partial charge in [-0.2, -0.15) is 5.10 Å². The van der Waals surface area contributed by atoms with Crippen LogP contribution in [0.3, 0.4) is 0 Å². The molecule has 0 aliphatic rings. The maximum Gasteiger partial charge on any atom is 0.303 e. The molecule has 0 aliphatic carbocycles. The van der Waals surface area contributed by atoms with E-state index in [4.69, 9.17) is 30.5 Å². The highest BCUT2D eigenvalue weighted by molar-refractivity contribution is 7.14. The lowest BCUT2D eigenvalue weighted by Crippen LogP contribution is -2.48. The van der Waals surface area contributed by atoms with Crippen LogP contribution in [0.25, 0.3) is 11.3 Å². The molecule has 2 aromatic rings. The lowest BCUT2D eigenvalue weighted by molar-refractivity contribution is -0.183. The van der Waals surface area contributed by atoms with Crippen LogP contribution in [-0.4, -0.2) is 67.0 Å². The number of ether oxygens (including phenoxy) is 4. The van der Waals surface area contributed by atoms with Crippen molar-refractivity contribution in [3.05, 3.63) is 34.7 Å². The number of thiazole rings is 1. The maximum absolute atomic E-state index is 11.8. The number of rotatable bonds is 11. The molecule has 0 aliphatic heterocycles. The summed E-state index contributed by atoms with van der Waals surface area (Å²) < 4.78 is 20.8. The third kappa shape index (κ3) is 9.27. The van der Waals surface area contributed by atoms with E-state index in [9.17, 15) is 19.2 Å². The normalized spacial score (nSPS) is 13.4. The van der Waals surface area contributed by atoms with Crippen LogP contribution in [0.4, 0.5) is 5.13 Å². The van der Waals surface area contributed by atoms with E-state index in [0.717, 1.165) is 33.3 Å². The third-order valence-electron chi connectivity index (χ3n) is 4.36. The summed E-state index contributed by atoms with van der Waals surface area (Å²) in [6, 6.07) is 7.18. The molecule has 13 heteroatoms. The number of anilines is 1. The van der Waals surface area contributed by atoms with Gasteiger partial charge >= 0.3 is 23.9 Å². The molecule has 194 valence electrons. The predicted octanol–water partition coefficient (Wildman–Crippen LogP) is 3.24. The van der Waals surface area contributed by atoms with Gasteiger partial charge in [0.1, 0.15) is 6.61 Å². The first kappa shape index (κ1) is 28.7. The van der Waals surface area contributed by atoms with Crippen molar-refractivity contribution >= 4 is 58.2 Å². The Hall–Kier alpha value is -3.51. The van der Waals surface area contributed by atoms with Crippen LogP contribution in [0.15, 0.2) is 34.7 Å². The Morgan fingerprint density at radius 3 is 2.17 bits per heavy atom. The quantitative estimate of drug-likeness (QED) is 0.181. The van der Waals surface area contributed by atoms with Crippen molar-refractivity contribution in [2.24, 2.45) is 5.10 Å². The standard InChI is InChI=1S/C23H26ClN3O8S/c1-13(28)32-11-21(34-15(3)30)22(35-16(4)31)20(33-14(2)29)10-25-27(5)23-26-19(12-36-23)17-6-8-18(24)9-7-17/h6-10,12,20-22H,11H2,1-5H3/b25-10+/t20-,21-,22+/m0/s1. The van der Waals surface area contributed by atoms with E-state index in [1.54, 1.807) is 19.2 Å². The van der Waals surface area contributed by atoms with Crippen LogP contribution in [-0.2, 0) is 38.1 Å². The average Bonchev–Trinajstić information content (AvgIpc) is 3.28. The van der Waals surface area contributed by atoms with Crippen LogP contribution in [0.5, 0.6) is 0 Å². The first-order chi connectivity index (χ1) is 17.0. The first-order valence-corrected chi connectivity index (χ1v) is 11.9. The van der Waals surface area contributed by atoms with Gasteiger partial charge in [0.05, 0.1) is 11.9 Å². The summed E-state index contributed by atoms with van der Waals surface area (Å²) in [5.41, 5.74) is 1.57. The molecular weight excluding hydrogens is 514 g/mol. The average molecular weight is 540 g/mol. The molecule has 3 atom stereocenters. The van der Waals surface area contributed by atoms with Gasteiger partial charge in [0.15, 0.2) is 18.3 Å². The Labute approximate surface area is 216 Å². The lowest BCUT2D eigenvalue weighted by atomic mass is 10.1. The zero-order valence-electron chi connectivity index (χ0n) is 20.3. The predicted molar refractivity (Wildman–Crippen MR) is 133 cm³/mol. The fourth-order valence-corrected chi connectivity index (χ4v) is 3.79. The first-order valence-electron chi connectivity index (χ1n) is 10.6. The van der Waals surface area contributed by atoms with Crippen molar-refractivity contribution in [1.29, 1.82) is 0 Å². The topological polar surface area (TPSA) is 134 Å². The molecule has 1 aromatic carbocycles. The molecule has 11 nitrogen and oxygen atoms in total. The second kappa shape index (κ2) is 13.5. The second-order valence-electron chi connectivity index (χ2n) is 7.41. The van der Waals surface area contributed by atoms with Gasteiger partial charge in [0.2, 0.25) is 5.13 Å². The molecule has 2 rings (SSSR count). The number of aromatic nitrogens is 1. The largest absolute Gasteiger partial charge is 0.462 e. The molecule has 36 heavy (non-hydrogen) atoms. The fraction of sp³-hybridized carbons (Fsp3) is 0.391. The van der Waals surface area contributed by atoms with Crippen molar-refractivity contribution in [2.45, 2.75) is 46.0 Å². The van der Waals surface area contributed by atoms with Crippen molar-refractivity contribution in [3.8, 4) is 11.3 Å². The zero-order chi connectivity index (χ0) is 26.8. The summed E-state index contributed by atoms with van der Waals surface area (Å²) in [4.78, 5) is 51.1. The highest BCUT2D eigenvalue weighted by atomic mass is 35.5. The van der Waals surface area contributed by atoms with Crippen molar-refractivity contribution < 1.29 is 38.1 Å². The van der Waals surface area contributed by atoms with E-state index in [1.165, 1.54) is 22.6 Å². The molecule has 0 unspecified atom stereocenters. The van der Waals surface area contributed by atoms with Gasteiger partial charge in [-0.15, -0.1) is 11.3 Å². The molecule has 1 heterocycles. The van der Waals surface area contributed by atoms with Crippen LogP contribution in [0.2, 0.25) is 5.02 Å². The molecule has 1 aromatic heterocycles. The Morgan fingerprint density at radius 2 is 1.61 bits per heavy atom. The number of hydrogen-bond donors (Lipinski definition) is 0. The van der Waals surface area contributed by atoms with E-state index in [-0.39, 0.29) is 0 Å². The van der Waals surface area contributed by atoms with E-state index < -0.39 is 48.8 Å². The summed E-state index contributed by atoms with van der Waals surface area (Å²) in [5, 5.41) is 8.66. The van der Waals surface area contributed by atoms with Crippen LogP contribution in [0.1, 0.15) is 27.7 Å². The van der Waals surface area contributed by atoms with Crippen LogP contribution < -0.4 is 5.01 Å². The molecule has 0 amide bonds. The fourth-order valence-electron chi connectivity index (χ4n) is 2.91. The Morgan fingerprint density at radius 1 is 1.00 bits per heavy atom. The summed E-state index contributed by atoms with van der Waals surface area (Å²) in [7, 11) is 1.62. The van der Waals surface area contributed by atoms with E-state index in [2.05, 4.69) is 10.1 Å². The summed E-state index contributed by atoms with van der Waals surface area (Å²) >= 11 is 7.25. The van der Waals surface area contributed by atoms with E-state index in [0.29, 0.717) is 15.8 Å². The highest BCUT2D eigenvalue weighted by Gasteiger charge is 2.37. The summed E-state index contributed by atoms with van der Waals surface area (Å²) in [5.74, 6) is -2.82. The molecule has 0 bridgehead atoms. The molecule has 0 fully saturated rings. The van der Waals surface area contributed by atoms with E-state index >= 15 is 0 Å². The van der Waals surface area contributed by atoms with Gasteiger partial charge < -0.3 is 18.9 Å². The SMILES string of the molecule is CC(=O)OC[C@H](OC(C)=O)[C@H](OC(C)=O)[C@H](/C=N/N(C)c1nc(-c2ccc(Cl)cc2)cs1)OC(C)=O. The smallest absolute Gasteiger partial charge is 0.303 e. The Balaban J connectivity index is 2.31. The van der Waals surface area contributed by atoms with Crippen LogP contribution in [0, 0.1) is 0 Å². The highest BCUT2D eigenvalue weighted by Crippen LogP contribution is 2.28. The van der Waals surface area contributed by atoms with E-state index in [1.807, 2.05) is 17.5 Å². The van der Waals surface area contributed by atoms with Gasteiger partial charge in [-0.3, -0.25) is 19.2 Å². The van der Waals surface area contributed by atoms with Gasteiger partial charge in [-0.1, -0.05) is 23.7 Å².